The normalized spacial score (nSPS) is 10.5. The summed E-state index contributed by atoms with van der Waals surface area (Å²) >= 11 is 0. The molecule has 0 bridgehead atoms. The molecule has 0 saturated heterocycles. The predicted molar refractivity (Wildman–Crippen MR) is 150 cm³/mol. The van der Waals surface area contributed by atoms with Crippen LogP contribution in [0.2, 0.25) is 0 Å². The number of anilines is 2. The molecule has 4 aromatic rings. The zero-order valence-electron chi connectivity index (χ0n) is 21.7. The second-order valence-electron chi connectivity index (χ2n) is 8.97. The van der Waals surface area contributed by atoms with Crippen LogP contribution in [0.5, 0.6) is 11.5 Å². The Morgan fingerprint density at radius 2 is 1.52 bits per heavy atom. The Morgan fingerprint density at radius 1 is 0.825 bits per heavy atom. The van der Waals surface area contributed by atoms with Crippen molar-refractivity contribution < 1.29 is 28.8 Å². The third-order valence-electron chi connectivity index (χ3n) is 5.95. The van der Waals surface area contributed by atoms with E-state index in [1.807, 2.05) is 42.5 Å². The number of nitrogens with zero attached hydrogens (tertiary/aromatic N) is 1. The largest absolute Gasteiger partial charge is 0.457 e. The molecule has 0 unspecified atom stereocenters. The molecule has 4 rings (SSSR count). The lowest BCUT2D eigenvalue weighted by molar-refractivity contribution is -0.385. The van der Waals surface area contributed by atoms with Crippen LogP contribution in [0, 0.1) is 17.0 Å². The molecular formula is C30H27N3O7. The van der Waals surface area contributed by atoms with E-state index in [0.29, 0.717) is 17.0 Å². The van der Waals surface area contributed by atoms with Crippen LogP contribution < -0.4 is 15.4 Å². The number of aryl methyl sites for hydroxylation is 1. The van der Waals surface area contributed by atoms with Gasteiger partial charge in [0.1, 0.15) is 11.5 Å². The Hall–Kier alpha value is -5.25. The van der Waals surface area contributed by atoms with Gasteiger partial charge in [0, 0.05) is 41.2 Å². The predicted octanol–water partition coefficient (Wildman–Crippen LogP) is 6.14. The maximum atomic E-state index is 12.3. The summed E-state index contributed by atoms with van der Waals surface area (Å²) in [6.45, 7) is 1.05. The van der Waals surface area contributed by atoms with E-state index in [1.54, 1.807) is 31.2 Å². The molecule has 2 amide bonds. The summed E-state index contributed by atoms with van der Waals surface area (Å²) in [6.07, 6.45) is 0.274. The van der Waals surface area contributed by atoms with Gasteiger partial charge in [-0.25, -0.2) is 0 Å². The molecule has 0 heterocycles. The number of carbonyl (C=O) groups is 3. The van der Waals surface area contributed by atoms with E-state index < -0.39 is 23.4 Å². The molecule has 4 aromatic carbocycles. The molecule has 10 heteroatoms. The highest BCUT2D eigenvalue weighted by atomic mass is 16.6. The minimum Gasteiger partial charge on any atom is -0.457 e. The lowest BCUT2D eigenvalue weighted by Gasteiger charge is -2.10. The molecular weight excluding hydrogens is 514 g/mol. The lowest BCUT2D eigenvalue weighted by Crippen LogP contribution is -2.21. The van der Waals surface area contributed by atoms with Gasteiger partial charge in [-0.3, -0.25) is 24.5 Å². The van der Waals surface area contributed by atoms with Crippen LogP contribution in [0.15, 0.2) is 84.9 Å². The molecule has 0 aliphatic rings. The van der Waals surface area contributed by atoms with Crippen molar-refractivity contribution in [3.8, 4) is 11.5 Å². The van der Waals surface area contributed by atoms with Gasteiger partial charge in [-0.2, -0.15) is 0 Å². The van der Waals surface area contributed by atoms with Gasteiger partial charge < -0.3 is 20.1 Å². The number of esters is 1. The summed E-state index contributed by atoms with van der Waals surface area (Å²) in [6, 6.07) is 25.0. The number of ether oxygens (including phenoxy) is 2. The monoisotopic (exact) mass is 541 g/mol. The number of carbonyl (C=O) groups excluding carboxylic acids is 3. The number of hydrogen-bond acceptors (Lipinski definition) is 7. The molecule has 0 aromatic heterocycles. The molecule has 0 aliphatic carbocycles. The third-order valence-corrected chi connectivity index (χ3v) is 5.95. The zero-order chi connectivity index (χ0) is 28.5. The molecule has 0 radical (unpaired) electrons. The third kappa shape index (κ3) is 7.64. The maximum Gasteiger partial charge on any atom is 0.306 e. The van der Waals surface area contributed by atoms with Crippen LogP contribution in [-0.4, -0.2) is 29.3 Å². The second kappa shape index (κ2) is 13.0. The van der Waals surface area contributed by atoms with E-state index >= 15 is 0 Å². The van der Waals surface area contributed by atoms with E-state index in [1.165, 1.54) is 18.2 Å². The van der Waals surface area contributed by atoms with E-state index in [0.717, 1.165) is 16.5 Å². The summed E-state index contributed by atoms with van der Waals surface area (Å²) < 4.78 is 11.0. The minimum absolute atomic E-state index is 0.0471. The fourth-order valence-electron chi connectivity index (χ4n) is 3.93. The molecule has 0 spiro atoms. The Kier molecular flexibility index (Phi) is 9.03. The molecule has 40 heavy (non-hydrogen) atoms. The molecule has 0 atom stereocenters. The van der Waals surface area contributed by atoms with Crippen molar-refractivity contribution in [2.45, 2.75) is 26.2 Å². The number of hydrogen-bond donors (Lipinski definition) is 2. The van der Waals surface area contributed by atoms with Gasteiger partial charge in [0.05, 0.1) is 4.92 Å². The summed E-state index contributed by atoms with van der Waals surface area (Å²) in [7, 11) is 0. The smallest absolute Gasteiger partial charge is 0.306 e. The lowest BCUT2D eigenvalue weighted by atomic mass is 10.1. The van der Waals surface area contributed by atoms with Gasteiger partial charge in [-0.05, 0) is 55.1 Å². The van der Waals surface area contributed by atoms with Crippen molar-refractivity contribution >= 4 is 45.6 Å². The van der Waals surface area contributed by atoms with E-state index in [2.05, 4.69) is 10.6 Å². The summed E-state index contributed by atoms with van der Waals surface area (Å²) in [5.41, 5.74) is 1.15. The van der Waals surface area contributed by atoms with Gasteiger partial charge in [0.2, 0.25) is 5.91 Å². The van der Waals surface area contributed by atoms with Crippen molar-refractivity contribution in [1.29, 1.82) is 0 Å². The maximum absolute atomic E-state index is 12.3. The molecule has 0 fully saturated rings. The fourth-order valence-corrected chi connectivity index (χ4v) is 3.93. The molecule has 204 valence electrons. The van der Waals surface area contributed by atoms with Crippen molar-refractivity contribution in [1.82, 2.24) is 0 Å². The Balaban J connectivity index is 1.16. The van der Waals surface area contributed by atoms with E-state index in [-0.39, 0.29) is 36.5 Å². The fraction of sp³-hybridized carbons (Fsp3) is 0.167. The van der Waals surface area contributed by atoms with E-state index in [9.17, 15) is 24.5 Å². The summed E-state index contributed by atoms with van der Waals surface area (Å²) in [5.74, 6) is -0.167. The van der Waals surface area contributed by atoms with E-state index in [4.69, 9.17) is 9.47 Å². The van der Waals surface area contributed by atoms with Crippen molar-refractivity contribution in [2.75, 3.05) is 17.2 Å². The molecule has 0 saturated carbocycles. The number of amides is 2. The van der Waals surface area contributed by atoms with Crippen LogP contribution >= 0.6 is 0 Å². The number of nitrogens with one attached hydrogen (secondary N) is 2. The van der Waals surface area contributed by atoms with Crippen LogP contribution in [0.4, 0.5) is 17.1 Å². The topological polar surface area (TPSA) is 137 Å². The first-order chi connectivity index (χ1) is 19.3. The van der Waals surface area contributed by atoms with Gasteiger partial charge >= 0.3 is 5.97 Å². The highest BCUT2D eigenvalue weighted by Crippen LogP contribution is 2.30. The van der Waals surface area contributed by atoms with Crippen LogP contribution in [-0.2, 0) is 19.1 Å². The molecule has 10 nitrogen and oxygen atoms in total. The number of nitro groups is 1. The highest BCUT2D eigenvalue weighted by molar-refractivity contribution is 5.93. The second-order valence-corrected chi connectivity index (χ2v) is 8.97. The number of fused-ring (bicyclic) bond motifs is 1. The van der Waals surface area contributed by atoms with Gasteiger partial charge in [0.15, 0.2) is 6.61 Å². The van der Waals surface area contributed by atoms with Crippen molar-refractivity contribution in [3.63, 3.8) is 0 Å². The average molecular weight is 542 g/mol. The highest BCUT2D eigenvalue weighted by Gasteiger charge is 2.14. The van der Waals surface area contributed by atoms with Crippen molar-refractivity contribution in [3.05, 3.63) is 101 Å². The first-order valence-electron chi connectivity index (χ1n) is 12.5. The number of benzene rings is 4. The molecule has 2 N–H and O–H groups in total. The Labute approximate surface area is 230 Å². The quantitative estimate of drug-likeness (QED) is 0.132. The number of nitro benzene ring substituents is 1. The van der Waals surface area contributed by atoms with Crippen molar-refractivity contribution in [2.24, 2.45) is 0 Å². The summed E-state index contributed by atoms with van der Waals surface area (Å²) in [4.78, 5) is 46.7. The van der Waals surface area contributed by atoms with Crippen LogP contribution in [0.1, 0.15) is 24.8 Å². The Morgan fingerprint density at radius 3 is 2.30 bits per heavy atom. The van der Waals surface area contributed by atoms with Crippen LogP contribution in [0.25, 0.3) is 10.8 Å². The SMILES string of the molecule is Cc1ccc(NC(=O)COC(=O)CCCC(=O)Nc2ccc(Oc3cccc4ccccc34)cc2)cc1[N+](=O)[O-]. The zero-order valence-corrected chi connectivity index (χ0v) is 21.7. The number of rotatable bonds is 11. The summed E-state index contributed by atoms with van der Waals surface area (Å²) in [5, 5.41) is 18.3. The first kappa shape index (κ1) is 27.8. The minimum atomic E-state index is -0.632. The average Bonchev–Trinajstić information content (AvgIpc) is 2.94. The van der Waals surface area contributed by atoms with Gasteiger partial charge in [-0.15, -0.1) is 0 Å². The van der Waals surface area contributed by atoms with Gasteiger partial charge in [-0.1, -0.05) is 42.5 Å². The molecule has 0 aliphatic heterocycles. The first-order valence-corrected chi connectivity index (χ1v) is 12.5. The Bertz CT molecular complexity index is 1550. The van der Waals surface area contributed by atoms with Crippen LogP contribution in [0.3, 0.4) is 0 Å². The standard InChI is InChI=1S/C30H27N3O7/c1-20-12-13-23(18-26(20)33(37)38)32-29(35)19-39-30(36)11-5-10-28(34)31-22-14-16-24(17-15-22)40-27-9-4-7-21-6-2-3-8-25(21)27/h2-4,6-9,12-18H,5,10-11,19H2,1H3,(H,31,34)(H,32,35). The van der Waals surface area contributed by atoms with Gasteiger partial charge in [0.25, 0.3) is 11.6 Å².